The van der Waals surface area contributed by atoms with Gasteiger partial charge in [0, 0.05) is 5.88 Å². The zero-order valence-corrected chi connectivity index (χ0v) is 16.7. The first-order valence-corrected chi connectivity index (χ1v) is 9.44. The lowest BCUT2D eigenvalue weighted by Crippen LogP contribution is -2.43. The Morgan fingerprint density at radius 2 is 0.789 bits per heavy atom. The number of halogens is 10. The Balaban J connectivity index is 4.67. The summed E-state index contributed by atoms with van der Waals surface area (Å²) in [6.07, 6.45) is 0. The van der Waals surface area contributed by atoms with E-state index in [9.17, 15) is 0 Å². The third-order valence-corrected chi connectivity index (χ3v) is 8.02. The van der Waals surface area contributed by atoms with Crippen molar-refractivity contribution >= 4 is 116 Å². The van der Waals surface area contributed by atoms with Gasteiger partial charge < -0.3 is 0 Å². The van der Waals surface area contributed by atoms with Gasteiger partial charge in [-0.25, -0.2) is 0 Å². The molecular formula is C9H10Cl10. The van der Waals surface area contributed by atoms with Crippen LogP contribution in [0.15, 0.2) is 0 Å². The van der Waals surface area contributed by atoms with Crippen LogP contribution in [0.5, 0.6) is 0 Å². The van der Waals surface area contributed by atoms with Gasteiger partial charge in [0.05, 0.1) is 37.6 Å². The Morgan fingerprint density at radius 1 is 0.474 bits per heavy atom. The molecule has 0 nitrogen and oxygen atoms in total. The quantitative estimate of drug-likeness (QED) is 0.365. The van der Waals surface area contributed by atoms with Crippen LogP contribution < -0.4 is 0 Å². The van der Waals surface area contributed by atoms with Crippen LogP contribution in [0.25, 0.3) is 0 Å². The molecule has 0 radical (unpaired) electrons. The molecule has 0 amide bonds. The minimum Gasteiger partial charge on any atom is -0.125 e. The van der Waals surface area contributed by atoms with Crippen LogP contribution in [0, 0.1) is 0 Å². The summed E-state index contributed by atoms with van der Waals surface area (Å²) in [5, 5.41) is -5.14. The Labute approximate surface area is 163 Å². The second-order valence-corrected chi connectivity index (χ2v) is 8.73. The predicted molar refractivity (Wildman–Crippen MR) is 93.7 cm³/mol. The highest BCUT2D eigenvalue weighted by Gasteiger charge is 2.40. The van der Waals surface area contributed by atoms with Crippen molar-refractivity contribution in [3.8, 4) is 0 Å². The van der Waals surface area contributed by atoms with Crippen LogP contribution in [0.1, 0.15) is 0 Å². The topological polar surface area (TPSA) is 0 Å². The highest BCUT2D eigenvalue weighted by Crippen LogP contribution is 2.34. The van der Waals surface area contributed by atoms with E-state index in [0.29, 0.717) is 0 Å². The number of alkyl halides is 10. The summed E-state index contributed by atoms with van der Waals surface area (Å²) in [4.78, 5) is -0.890. The summed E-state index contributed by atoms with van der Waals surface area (Å²) in [5.41, 5.74) is 0. The Kier molecular flexibility index (Phi) is 12.3. The van der Waals surface area contributed by atoms with Gasteiger partial charge in [-0.05, 0) is 0 Å². The van der Waals surface area contributed by atoms with E-state index in [2.05, 4.69) is 0 Å². The van der Waals surface area contributed by atoms with Crippen LogP contribution in [0.3, 0.4) is 0 Å². The summed E-state index contributed by atoms with van der Waals surface area (Å²) in [6.45, 7) is 0. The maximum absolute atomic E-state index is 6.14. The van der Waals surface area contributed by atoms with Crippen molar-refractivity contribution in [1.29, 1.82) is 0 Å². The summed E-state index contributed by atoms with van der Waals surface area (Å²) < 4.78 is 0. The zero-order valence-electron chi connectivity index (χ0n) is 9.11. The number of rotatable bonds is 8. The highest BCUT2D eigenvalue weighted by molar-refractivity contribution is 6.50. The van der Waals surface area contributed by atoms with Crippen molar-refractivity contribution in [3.05, 3.63) is 0 Å². The highest BCUT2D eigenvalue weighted by atomic mass is 35.5. The van der Waals surface area contributed by atoms with Gasteiger partial charge in [0.25, 0.3) is 0 Å². The van der Waals surface area contributed by atoms with Gasteiger partial charge in [0.2, 0.25) is 0 Å². The van der Waals surface area contributed by atoms with Gasteiger partial charge in [-0.15, -0.1) is 116 Å². The molecule has 0 aliphatic rings. The van der Waals surface area contributed by atoms with Crippen molar-refractivity contribution in [3.63, 3.8) is 0 Å². The molecule has 0 N–H and O–H groups in total. The summed E-state index contributed by atoms with van der Waals surface area (Å²) in [7, 11) is 0. The first-order chi connectivity index (χ1) is 8.64. The lowest BCUT2D eigenvalue weighted by Gasteiger charge is -2.30. The van der Waals surface area contributed by atoms with Crippen LogP contribution in [0.4, 0.5) is 0 Å². The second-order valence-electron chi connectivity index (χ2n) is 3.67. The first-order valence-electron chi connectivity index (χ1n) is 4.97. The molecule has 0 fully saturated rings. The molecule has 0 saturated carbocycles. The Bertz CT molecular complexity index is 249. The fourth-order valence-corrected chi connectivity index (χ4v) is 4.06. The maximum Gasteiger partial charge on any atom is 0.125 e. The van der Waals surface area contributed by atoms with E-state index in [4.69, 9.17) is 116 Å². The summed E-state index contributed by atoms with van der Waals surface area (Å²) in [5.74, 6) is 0.128. The fraction of sp³-hybridized carbons (Fsp3) is 1.00. The molecule has 0 saturated heterocycles. The zero-order chi connectivity index (χ0) is 15.3. The molecule has 0 heterocycles. The Hall–Kier alpha value is 2.90. The largest absolute Gasteiger partial charge is 0.125 e. The molecule has 116 valence electrons. The second kappa shape index (κ2) is 10.6. The predicted octanol–water partition coefficient (Wildman–Crippen LogP) is 6.28. The molecular weight excluding hydrogens is 463 g/mol. The third kappa shape index (κ3) is 6.90. The van der Waals surface area contributed by atoms with E-state index in [-0.39, 0.29) is 5.88 Å². The van der Waals surface area contributed by atoms with E-state index < -0.39 is 42.5 Å². The number of hydrogen-bond acceptors (Lipinski definition) is 0. The molecule has 0 spiro atoms. The van der Waals surface area contributed by atoms with Crippen LogP contribution in [-0.4, -0.2) is 48.4 Å². The van der Waals surface area contributed by atoms with E-state index in [0.717, 1.165) is 0 Å². The fourth-order valence-electron chi connectivity index (χ4n) is 1.13. The monoisotopic (exact) mass is 468 g/mol. The van der Waals surface area contributed by atoms with E-state index in [1.165, 1.54) is 0 Å². The van der Waals surface area contributed by atoms with Crippen LogP contribution in [0.2, 0.25) is 0 Å². The average molecular weight is 473 g/mol. The standard InChI is InChI=1S/C9H10Cl10/c10-1-2(11)3(12)4(13)5(14)6(15)7(16)8(17)9(18)19/h2-9H,1H2. The molecule has 0 aliphatic heterocycles. The lowest BCUT2D eigenvalue weighted by molar-refractivity contribution is 0.635. The molecule has 0 aromatic rings. The van der Waals surface area contributed by atoms with E-state index >= 15 is 0 Å². The van der Waals surface area contributed by atoms with Crippen molar-refractivity contribution in [2.75, 3.05) is 5.88 Å². The first kappa shape index (κ1) is 21.9. The lowest BCUT2D eigenvalue weighted by atomic mass is 10.1. The molecule has 0 bridgehead atoms. The molecule has 19 heavy (non-hydrogen) atoms. The minimum atomic E-state index is -0.890. The minimum absolute atomic E-state index is 0.128. The van der Waals surface area contributed by atoms with Crippen LogP contribution >= 0.6 is 116 Å². The van der Waals surface area contributed by atoms with Crippen LogP contribution in [-0.2, 0) is 0 Å². The molecule has 0 rings (SSSR count). The van der Waals surface area contributed by atoms with Crippen molar-refractivity contribution in [1.82, 2.24) is 0 Å². The van der Waals surface area contributed by atoms with Gasteiger partial charge in [-0.3, -0.25) is 0 Å². The van der Waals surface area contributed by atoms with E-state index in [1.807, 2.05) is 0 Å². The van der Waals surface area contributed by atoms with Gasteiger partial charge in [-0.1, -0.05) is 0 Å². The van der Waals surface area contributed by atoms with Gasteiger partial charge in [0.15, 0.2) is 0 Å². The van der Waals surface area contributed by atoms with E-state index in [1.54, 1.807) is 0 Å². The van der Waals surface area contributed by atoms with Crippen molar-refractivity contribution < 1.29 is 0 Å². The molecule has 0 aliphatic carbocycles. The average Bonchev–Trinajstić information content (AvgIpc) is 2.40. The molecule has 10 heteroatoms. The Morgan fingerprint density at radius 3 is 1.11 bits per heavy atom. The third-order valence-electron chi connectivity index (χ3n) is 2.25. The summed E-state index contributed by atoms with van der Waals surface area (Å²) >= 11 is 59.2. The summed E-state index contributed by atoms with van der Waals surface area (Å²) in [6, 6.07) is 0. The smallest absolute Gasteiger partial charge is 0.125 e. The van der Waals surface area contributed by atoms with Crippen molar-refractivity contribution in [2.24, 2.45) is 0 Å². The molecule has 7 atom stereocenters. The van der Waals surface area contributed by atoms with Crippen molar-refractivity contribution in [2.45, 2.75) is 42.5 Å². The number of hydrogen-bond donors (Lipinski definition) is 0. The molecule has 0 aromatic carbocycles. The van der Waals surface area contributed by atoms with Gasteiger partial charge in [0.1, 0.15) is 4.84 Å². The molecule has 0 aromatic heterocycles. The van der Waals surface area contributed by atoms with Gasteiger partial charge >= 0.3 is 0 Å². The normalized spacial score (nSPS) is 23.5. The SMILES string of the molecule is ClCC(Cl)C(Cl)C(Cl)C(Cl)C(Cl)C(Cl)C(Cl)C(Cl)Cl. The molecule has 7 unspecified atom stereocenters. The maximum atomic E-state index is 6.14. The van der Waals surface area contributed by atoms with Gasteiger partial charge in [-0.2, -0.15) is 0 Å².